The lowest BCUT2D eigenvalue weighted by molar-refractivity contribution is -0.137. The molecule has 0 aliphatic carbocycles. The van der Waals surface area contributed by atoms with E-state index in [4.69, 9.17) is 0 Å². The molecule has 0 radical (unpaired) electrons. The smallest absolute Gasteiger partial charge is 0.391 e. The van der Waals surface area contributed by atoms with Gasteiger partial charge in [-0.3, -0.25) is 4.79 Å². The van der Waals surface area contributed by atoms with E-state index in [9.17, 15) is 23.1 Å². The number of halogens is 3. The second-order valence-corrected chi connectivity index (χ2v) is 8.16. The van der Waals surface area contributed by atoms with E-state index >= 15 is 0 Å². The maximum atomic E-state index is 13.0. The minimum Gasteiger partial charge on any atom is -0.391 e. The Morgan fingerprint density at radius 1 is 0.903 bits per heavy atom. The Morgan fingerprint density at radius 2 is 1.55 bits per heavy atom. The number of carbonyl (C=O) groups is 1. The largest absolute Gasteiger partial charge is 0.416 e. The van der Waals surface area contributed by atoms with Crippen LogP contribution in [0.1, 0.15) is 31.2 Å². The van der Waals surface area contributed by atoms with Gasteiger partial charge in [0, 0.05) is 36.7 Å². The third kappa shape index (κ3) is 4.95. The van der Waals surface area contributed by atoms with Crippen molar-refractivity contribution in [1.82, 2.24) is 0 Å². The molecule has 2 N–H and O–H groups in total. The van der Waals surface area contributed by atoms with Gasteiger partial charge >= 0.3 is 6.18 Å². The van der Waals surface area contributed by atoms with Crippen molar-refractivity contribution in [2.45, 2.75) is 44.0 Å². The number of nitrogens with one attached hydrogen (secondary N) is 1. The number of aliphatic hydroxyl groups excluding tert-OH is 1. The molecule has 1 amide bonds. The summed E-state index contributed by atoms with van der Waals surface area (Å²) in [6.45, 7) is 2.12. The highest BCUT2D eigenvalue weighted by Gasteiger charge is 2.32. The number of hydrogen-bond donors (Lipinski definition) is 2. The van der Waals surface area contributed by atoms with Gasteiger partial charge in [-0.2, -0.15) is 13.2 Å². The first-order valence-electron chi connectivity index (χ1n) is 10.6. The van der Waals surface area contributed by atoms with Crippen LogP contribution in [-0.2, 0) is 11.0 Å². The normalized spacial score (nSPS) is 22.5. The molecule has 2 aliphatic heterocycles. The quantitative estimate of drug-likeness (QED) is 0.756. The van der Waals surface area contributed by atoms with Crippen LogP contribution in [0.25, 0.3) is 0 Å². The standard InChI is InChI=1S/C23H26F3N3O2/c24-23(25,26)16-5-7-17(8-6-16)27-21-4-2-14-29(22(21)31)19-11-9-18(10-12-19)28-13-1-3-20(30)15-28/h5-12,20-21,27,30H,1-4,13-15H2. The molecular formula is C23H26F3N3O2. The number of rotatable bonds is 4. The molecule has 2 fully saturated rings. The summed E-state index contributed by atoms with van der Waals surface area (Å²) < 4.78 is 38.2. The van der Waals surface area contributed by atoms with Gasteiger partial charge in [0.05, 0.1) is 11.7 Å². The first-order chi connectivity index (χ1) is 14.8. The fraction of sp³-hybridized carbons (Fsp3) is 0.435. The Kier molecular flexibility index (Phi) is 6.09. The Bertz CT molecular complexity index is 900. The zero-order valence-corrected chi connectivity index (χ0v) is 17.1. The fourth-order valence-corrected chi connectivity index (χ4v) is 4.25. The molecule has 2 aromatic carbocycles. The molecule has 2 saturated heterocycles. The Balaban J connectivity index is 1.42. The highest BCUT2D eigenvalue weighted by Crippen LogP contribution is 2.31. The lowest BCUT2D eigenvalue weighted by Crippen LogP contribution is -2.47. The molecule has 166 valence electrons. The van der Waals surface area contributed by atoms with Crippen LogP contribution < -0.4 is 15.1 Å². The van der Waals surface area contributed by atoms with E-state index in [0.29, 0.717) is 25.2 Å². The minimum absolute atomic E-state index is 0.0905. The van der Waals surface area contributed by atoms with Crippen molar-refractivity contribution < 1.29 is 23.1 Å². The summed E-state index contributed by atoms with van der Waals surface area (Å²) in [6.07, 6.45) is -1.50. The Hall–Kier alpha value is -2.74. The maximum absolute atomic E-state index is 13.0. The van der Waals surface area contributed by atoms with E-state index in [1.807, 2.05) is 24.3 Å². The van der Waals surface area contributed by atoms with E-state index in [1.165, 1.54) is 12.1 Å². The van der Waals surface area contributed by atoms with Crippen LogP contribution in [0.5, 0.6) is 0 Å². The van der Waals surface area contributed by atoms with Crippen molar-refractivity contribution in [3.05, 3.63) is 54.1 Å². The molecule has 0 aromatic heterocycles. The van der Waals surface area contributed by atoms with Crippen molar-refractivity contribution in [1.29, 1.82) is 0 Å². The van der Waals surface area contributed by atoms with Crippen LogP contribution in [0.15, 0.2) is 48.5 Å². The summed E-state index contributed by atoms with van der Waals surface area (Å²) in [5.41, 5.74) is 1.60. The van der Waals surface area contributed by atoms with Crippen molar-refractivity contribution in [2.24, 2.45) is 0 Å². The van der Waals surface area contributed by atoms with E-state index in [-0.39, 0.29) is 12.0 Å². The summed E-state index contributed by atoms with van der Waals surface area (Å²) in [5, 5.41) is 13.0. The average Bonchev–Trinajstić information content (AvgIpc) is 2.75. The van der Waals surface area contributed by atoms with Crippen molar-refractivity contribution in [3.8, 4) is 0 Å². The number of carbonyl (C=O) groups excluding carboxylic acids is 1. The molecule has 2 aliphatic rings. The van der Waals surface area contributed by atoms with Crippen LogP contribution in [-0.4, -0.2) is 42.8 Å². The van der Waals surface area contributed by atoms with Crippen LogP contribution in [0.3, 0.4) is 0 Å². The zero-order valence-electron chi connectivity index (χ0n) is 17.1. The number of nitrogens with zero attached hydrogens (tertiary/aromatic N) is 2. The van der Waals surface area contributed by atoms with Gasteiger partial charge in [0.1, 0.15) is 6.04 Å². The number of aliphatic hydroxyl groups is 1. The summed E-state index contributed by atoms with van der Waals surface area (Å²) in [7, 11) is 0. The van der Waals surface area contributed by atoms with Gasteiger partial charge in [0.2, 0.25) is 5.91 Å². The first-order valence-corrected chi connectivity index (χ1v) is 10.6. The zero-order chi connectivity index (χ0) is 22.0. The van der Waals surface area contributed by atoms with E-state index in [0.717, 1.165) is 49.3 Å². The lowest BCUT2D eigenvalue weighted by atomic mass is 10.0. The number of amides is 1. The second kappa shape index (κ2) is 8.78. The predicted molar refractivity (Wildman–Crippen MR) is 114 cm³/mol. The van der Waals surface area contributed by atoms with Gasteiger partial charge in [-0.25, -0.2) is 0 Å². The molecule has 0 spiro atoms. The third-order valence-electron chi connectivity index (χ3n) is 5.91. The van der Waals surface area contributed by atoms with Gasteiger partial charge in [-0.1, -0.05) is 0 Å². The molecular weight excluding hydrogens is 407 g/mol. The molecule has 2 aromatic rings. The summed E-state index contributed by atoms with van der Waals surface area (Å²) in [5.74, 6) is -0.0905. The first kappa shape index (κ1) is 21.5. The van der Waals surface area contributed by atoms with Gasteiger partial charge in [0.15, 0.2) is 0 Å². The predicted octanol–water partition coefficient (Wildman–Crippen LogP) is 4.27. The average molecular weight is 433 g/mol. The maximum Gasteiger partial charge on any atom is 0.416 e. The van der Waals surface area contributed by atoms with Crippen molar-refractivity contribution in [2.75, 3.05) is 34.8 Å². The van der Waals surface area contributed by atoms with Crippen LogP contribution in [0, 0.1) is 0 Å². The Labute approximate surface area is 179 Å². The lowest BCUT2D eigenvalue weighted by Gasteiger charge is -2.34. The van der Waals surface area contributed by atoms with Crippen molar-refractivity contribution in [3.63, 3.8) is 0 Å². The summed E-state index contributed by atoms with van der Waals surface area (Å²) >= 11 is 0. The number of hydrogen-bond acceptors (Lipinski definition) is 4. The summed E-state index contributed by atoms with van der Waals surface area (Å²) in [4.78, 5) is 16.9. The van der Waals surface area contributed by atoms with E-state index in [1.54, 1.807) is 4.90 Å². The van der Waals surface area contributed by atoms with Crippen LogP contribution in [0.4, 0.5) is 30.2 Å². The third-order valence-corrected chi connectivity index (χ3v) is 5.91. The second-order valence-electron chi connectivity index (χ2n) is 8.16. The monoisotopic (exact) mass is 433 g/mol. The minimum atomic E-state index is -4.38. The molecule has 8 heteroatoms. The number of alkyl halides is 3. The molecule has 4 rings (SSSR count). The number of benzene rings is 2. The fourth-order valence-electron chi connectivity index (χ4n) is 4.25. The highest BCUT2D eigenvalue weighted by molar-refractivity contribution is 5.99. The number of anilines is 3. The van der Waals surface area contributed by atoms with E-state index in [2.05, 4.69) is 10.2 Å². The molecule has 2 unspecified atom stereocenters. The van der Waals surface area contributed by atoms with Gasteiger partial charge in [-0.05, 0) is 74.2 Å². The van der Waals surface area contributed by atoms with Crippen molar-refractivity contribution >= 4 is 23.0 Å². The Morgan fingerprint density at radius 3 is 2.19 bits per heavy atom. The van der Waals surface area contributed by atoms with Crippen LogP contribution in [0.2, 0.25) is 0 Å². The summed E-state index contributed by atoms with van der Waals surface area (Å²) in [6, 6.07) is 12.0. The number of β-amino-alcohol motifs (C(OH)–C–C–N with tert-alkyl or cyclic N) is 1. The van der Waals surface area contributed by atoms with Gasteiger partial charge in [0.25, 0.3) is 0 Å². The van der Waals surface area contributed by atoms with Crippen LogP contribution >= 0.6 is 0 Å². The topological polar surface area (TPSA) is 55.8 Å². The molecule has 0 bridgehead atoms. The van der Waals surface area contributed by atoms with Gasteiger partial charge in [-0.15, -0.1) is 0 Å². The highest BCUT2D eigenvalue weighted by atomic mass is 19.4. The molecule has 5 nitrogen and oxygen atoms in total. The molecule has 31 heavy (non-hydrogen) atoms. The van der Waals surface area contributed by atoms with Gasteiger partial charge < -0.3 is 20.2 Å². The molecule has 2 heterocycles. The number of piperidine rings is 2. The SMILES string of the molecule is O=C1C(Nc2ccc(C(F)(F)F)cc2)CCCN1c1ccc(N2CCCC(O)C2)cc1. The molecule has 0 saturated carbocycles. The van der Waals surface area contributed by atoms with E-state index < -0.39 is 17.8 Å². The molecule has 2 atom stereocenters.